The average Bonchev–Trinajstić information content (AvgIpc) is 2.90. The van der Waals surface area contributed by atoms with E-state index in [1.165, 1.54) is 5.69 Å². The van der Waals surface area contributed by atoms with Crippen LogP contribution in [0.5, 0.6) is 0 Å². The maximum atomic E-state index is 11.7. The van der Waals surface area contributed by atoms with Crippen molar-refractivity contribution in [2.24, 2.45) is 11.1 Å². The Morgan fingerprint density at radius 2 is 2.14 bits per heavy atom. The highest BCUT2D eigenvalue weighted by atomic mass is 16.1. The van der Waals surface area contributed by atoms with Crippen molar-refractivity contribution in [1.82, 2.24) is 15.1 Å². The Morgan fingerprint density at radius 3 is 2.82 bits per heavy atom. The molecule has 0 aliphatic heterocycles. The summed E-state index contributed by atoms with van der Waals surface area (Å²) in [6.07, 6.45) is 3.71. The first-order valence-corrected chi connectivity index (χ1v) is 7.62. The Kier molecular flexibility index (Phi) is 3.74. The van der Waals surface area contributed by atoms with Gasteiger partial charge in [-0.15, -0.1) is 0 Å². The number of para-hydroxylation sites is 1. The zero-order valence-corrected chi connectivity index (χ0v) is 13.0. The molecule has 116 valence electrons. The van der Waals surface area contributed by atoms with Gasteiger partial charge in [-0.2, -0.15) is 5.10 Å². The predicted octanol–water partition coefficient (Wildman–Crippen LogP) is 1.96. The Labute approximate surface area is 130 Å². The molecule has 0 radical (unpaired) electrons. The van der Waals surface area contributed by atoms with Gasteiger partial charge in [0.25, 0.3) is 0 Å². The number of amides is 1. The van der Waals surface area contributed by atoms with Crippen molar-refractivity contribution in [3.63, 3.8) is 0 Å². The molecule has 2 aromatic rings. The second kappa shape index (κ2) is 5.57. The lowest BCUT2D eigenvalue weighted by Crippen LogP contribution is -2.39. The number of hydrogen-bond donors (Lipinski definition) is 2. The lowest BCUT2D eigenvalue weighted by molar-refractivity contribution is -0.120. The first-order chi connectivity index (χ1) is 10.5. The van der Waals surface area contributed by atoms with Crippen LogP contribution in [0.25, 0.3) is 5.69 Å². The molecular weight excluding hydrogens is 276 g/mol. The van der Waals surface area contributed by atoms with Gasteiger partial charge < -0.3 is 11.1 Å². The SMILES string of the molecule is CC1(C)Cc2c(cnn2-c2ccccc2)C(NC(=O)CN)C1. The molecule has 1 aromatic heterocycles. The third kappa shape index (κ3) is 2.76. The van der Waals surface area contributed by atoms with Gasteiger partial charge in [0.05, 0.1) is 30.2 Å². The van der Waals surface area contributed by atoms with Crippen molar-refractivity contribution in [2.75, 3.05) is 6.54 Å². The molecule has 0 bridgehead atoms. The molecule has 5 nitrogen and oxygen atoms in total. The van der Waals surface area contributed by atoms with E-state index in [0.717, 1.165) is 24.1 Å². The van der Waals surface area contributed by atoms with E-state index in [1.54, 1.807) is 0 Å². The highest BCUT2D eigenvalue weighted by molar-refractivity contribution is 5.78. The Balaban J connectivity index is 2.01. The molecular formula is C17H22N4O. The number of aromatic nitrogens is 2. The lowest BCUT2D eigenvalue weighted by Gasteiger charge is -2.35. The van der Waals surface area contributed by atoms with Crippen molar-refractivity contribution >= 4 is 5.91 Å². The van der Waals surface area contributed by atoms with Gasteiger partial charge >= 0.3 is 0 Å². The first kappa shape index (κ1) is 14.8. The van der Waals surface area contributed by atoms with Gasteiger partial charge in [-0.3, -0.25) is 4.79 Å². The van der Waals surface area contributed by atoms with Gasteiger partial charge in [0.15, 0.2) is 0 Å². The normalized spacial score (nSPS) is 19.5. The van der Waals surface area contributed by atoms with Gasteiger partial charge in [0.2, 0.25) is 5.91 Å². The molecule has 3 rings (SSSR count). The Hall–Kier alpha value is -2.14. The number of rotatable bonds is 3. The van der Waals surface area contributed by atoms with E-state index in [0.29, 0.717) is 0 Å². The molecule has 0 fully saturated rings. The standard InChI is InChI=1S/C17H22N4O/c1-17(2)8-14(20-16(22)10-18)13-11-19-21(15(13)9-17)12-6-4-3-5-7-12/h3-7,11,14H,8-10,18H2,1-2H3,(H,20,22). The van der Waals surface area contributed by atoms with Crippen LogP contribution >= 0.6 is 0 Å². The van der Waals surface area contributed by atoms with Crippen LogP contribution in [0.15, 0.2) is 36.5 Å². The van der Waals surface area contributed by atoms with E-state index in [-0.39, 0.29) is 23.9 Å². The third-order valence-electron chi connectivity index (χ3n) is 4.20. The summed E-state index contributed by atoms with van der Waals surface area (Å²) in [4.78, 5) is 11.7. The highest BCUT2D eigenvalue weighted by Gasteiger charge is 2.35. The van der Waals surface area contributed by atoms with Gasteiger partial charge in [-0.25, -0.2) is 4.68 Å². The topological polar surface area (TPSA) is 72.9 Å². The number of hydrogen-bond acceptors (Lipinski definition) is 3. The largest absolute Gasteiger partial charge is 0.348 e. The van der Waals surface area contributed by atoms with Crippen LogP contribution in [0.2, 0.25) is 0 Å². The van der Waals surface area contributed by atoms with E-state index < -0.39 is 0 Å². The molecule has 0 saturated carbocycles. The molecule has 1 aromatic carbocycles. The number of carbonyl (C=O) groups is 1. The Morgan fingerprint density at radius 1 is 1.41 bits per heavy atom. The predicted molar refractivity (Wildman–Crippen MR) is 85.6 cm³/mol. The summed E-state index contributed by atoms with van der Waals surface area (Å²) in [6, 6.07) is 10.1. The highest BCUT2D eigenvalue weighted by Crippen LogP contribution is 2.41. The summed E-state index contributed by atoms with van der Waals surface area (Å²) in [5, 5.41) is 7.58. The molecule has 1 aliphatic carbocycles. The second-order valence-corrected chi connectivity index (χ2v) is 6.66. The van der Waals surface area contributed by atoms with Crippen molar-refractivity contribution < 1.29 is 4.79 Å². The minimum absolute atomic E-state index is 0.0130. The van der Waals surface area contributed by atoms with Crippen LogP contribution in [0.4, 0.5) is 0 Å². The van der Waals surface area contributed by atoms with Crippen molar-refractivity contribution in [3.05, 3.63) is 47.8 Å². The number of benzene rings is 1. The maximum Gasteiger partial charge on any atom is 0.234 e. The Bertz CT molecular complexity index is 675. The average molecular weight is 298 g/mol. The summed E-state index contributed by atoms with van der Waals surface area (Å²) < 4.78 is 1.98. The summed E-state index contributed by atoms with van der Waals surface area (Å²) >= 11 is 0. The van der Waals surface area contributed by atoms with Crippen molar-refractivity contribution in [2.45, 2.75) is 32.7 Å². The third-order valence-corrected chi connectivity index (χ3v) is 4.20. The van der Waals surface area contributed by atoms with Crippen LogP contribution in [-0.2, 0) is 11.2 Å². The number of nitrogens with zero attached hydrogens (tertiary/aromatic N) is 2. The molecule has 5 heteroatoms. The van der Waals surface area contributed by atoms with Crippen LogP contribution in [0, 0.1) is 5.41 Å². The minimum atomic E-state index is -0.124. The van der Waals surface area contributed by atoms with Gasteiger partial charge in [0, 0.05) is 5.56 Å². The molecule has 1 heterocycles. The summed E-state index contributed by atoms with van der Waals surface area (Å²) in [7, 11) is 0. The molecule has 22 heavy (non-hydrogen) atoms. The monoisotopic (exact) mass is 298 g/mol. The lowest BCUT2D eigenvalue weighted by atomic mass is 9.74. The second-order valence-electron chi connectivity index (χ2n) is 6.66. The molecule has 3 N–H and O–H groups in total. The number of nitrogens with two attached hydrogens (primary N) is 1. The fourth-order valence-corrected chi connectivity index (χ4v) is 3.22. The van der Waals surface area contributed by atoms with Crippen LogP contribution in [0.3, 0.4) is 0 Å². The number of nitrogens with one attached hydrogen (secondary N) is 1. The zero-order valence-electron chi connectivity index (χ0n) is 13.0. The van der Waals surface area contributed by atoms with Gasteiger partial charge in [0.1, 0.15) is 0 Å². The van der Waals surface area contributed by atoms with Crippen LogP contribution in [-0.4, -0.2) is 22.2 Å². The first-order valence-electron chi connectivity index (χ1n) is 7.62. The van der Waals surface area contributed by atoms with Crippen molar-refractivity contribution in [3.8, 4) is 5.69 Å². The fraction of sp³-hybridized carbons (Fsp3) is 0.412. The van der Waals surface area contributed by atoms with Crippen molar-refractivity contribution in [1.29, 1.82) is 0 Å². The maximum absolute atomic E-state index is 11.7. The molecule has 0 spiro atoms. The summed E-state index contributed by atoms with van der Waals surface area (Å²) in [5.41, 5.74) is 8.86. The molecule has 0 saturated heterocycles. The fourth-order valence-electron chi connectivity index (χ4n) is 3.22. The van der Waals surface area contributed by atoms with E-state index in [2.05, 4.69) is 24.3 Å². The van der Waals surface area contributed by atoms with Gasteiger partial charge in [-0.1, -0.05) is 32.0 Å². The molecule has 1 amide bonds. The van der Waals surface area contributed by atoms with E-state index in [4.69, 9.17) is 5.73 Å². The number of carbonyl (C=O) groups excluding carboxylic acids is 1. The summed E-state index contributed by atoms with van der Waals surface area (Å²) in [6.45, 7) is 4.46. The van der Waals surface area contributed by atoms with Crippen LogP contribution < -0.4 is 11.1 Å². The zero-order chi connectivity index (χ0) is 15.7. The molecule has 1 unspecified atom stereocenters. The molecule has 1 aliphatic rings. The van der Waals surface area contributed by atoms with E-state index in [1.807, 2.05) is 41.2 Å². The smallest absolute Gasteiger partial charge is 0.234 e. The quantitative estimate of drug-likeness (QED) is 0.910. The van der Waals surface area contributed by atoms with E-state index in [9.17, 15) is 4.79 Å². The minimum Gasteiger partial charge on any atom is -0.348 e. The van der Waals surface area contributed by atoms with E-state index >= 15 is 0 Å². The van der Waals surface area contributed by atoms with Crippen LogP contribution in [0.1, 0.15) is 37.6 Å². The summed E-state index contributed by atoms with van der Waals surface area (Å²) in [5.74, 6) is -0.124. The number of fused-ring (bicyclic) bond motifs is 1. The molecule has 1 atom stereocenters. The van der Waals surface area contributed by atoms with Gasteiger partial charge in [-0.05, 0) is 30.4 Å².